The molecule has 0 N–H and O–H groups in total. The molecule has 0 amide bonds. The van der Waals surface area contributed by atoms with E-state index in [4.69, 9.17) is 23.2 Å². The van der Waals surface area contributed by atoms with Gasteiger partial charge in [0.25, 0.3) is 0 Å². The minimum Gasteiger partial charge on any atom is -0.418 e. The summed E-state index contributed by atoms with van der Waals surface area (Å²) in [5, 5.41) is 0. The predicted octanol–water partition coefficient (Wildman–Crippen LogP) is 4.07. The van der Waals surface area contributed by atoms with E-state index in [0.29, 0.717) is 0 Å². The molecule has 0 rings (SSSR count). The number of rotatable bonds is 4. The molecular weight excluding hydrogens is 258 g/mol. The van der Waals surface area contributed by atoms with Crippen LogP contribution in [0.25, 0.3) is 0 Å². The highest BCUT2D eigenvalue weighted by Crippen LogP contribution is 2.16. The molecule has 0 saturated carbocycles. The third-order valence-electron chi connectivity index (χ3n) is 1.62. The zero-order valence-electron chi connectivity index (χ0n) is 8.82. The van der Waals surface area contributed by atoms with Gasteiger partial charge in [0.2, 0.25) is 0 Å². The lowest BCUT2D eigenvalue weighted by molar-refractivity contribution is -0.167. The van der Waals surface area contributed by atoms with E-state index < -0.39 is 7.25 Å². The van der Waals surface area contributed by atoms with Crippen molar-refractivity contribution in [3.63, 3.8) is 0 Å². The molecule has 0 bridgehead atoms. The van der Waals surface area contributed by atoms with Crippen LogP contribution in [-0.4, -0.2) is 31.4 Å². The van der Waals surface area contributed by atoms with E-state index in [-0.39, 0.29) is 10.9 Å². The summed E-state index contributed by atoms with van der Waals surface area (Å²) in [7, 11) is -6.00. The van der Waals surface area contributed by atoms with Crippen molar-refractivity contribution in [3.05, 3.63) is 0 Å². The van der Waals surface area contributed by atoms with Crippen LogP contribution in [0.15, 0.2) is 0 Å². The maximum absolute atomic E-state index is 9.75. The maximum atomic E-state index is 9.75. The summed E-state index contributed by atoms with van der Waals surface area (Å²) in [6.45, 7) is 7.99. The average Bonchev–Trinajstić information content (AvgIpc) is 2.03. The second-order valence-electron chi connectivity index (χ2n) is 2.65. The second kappa shape index (κ2) is 8.47. The van der Waals surface area contributed by atoms with Gasteiger partial charge in [-0.25, -0.2) is 0 Å². The Balaban J connectivity index is 0. The summed E-state index contributed by atoms with van der Waals surface area (Å²) in [5.41, 5.74) is 0. The van der Waals surface area contributed by atoms with Gasteiger partial charge in [0.15, 0.2) is 10.9 Å². The monoisotopic (exact) mass is 272 g/mol. The molecule has 0 saturated heterocycles. The molecule has 8 heteroatoms. The minimum absolute atomic E-state index is 0.179. The van der Waals surface area contributed by atoms with Gasteiger partial charge in [0.1, 0.15) is 13.2 Å². The zero-order valence-corrected chi connectivity index (χ0v) is 10.3. The Morgan fingerprint density at radius 3 is 1.40 bits per heavy atom. The van der Waals surface area contributed by atoms with Gasteiger partial charge in [0, 0.05) is 20.8 Å². The first-order chi connectivity index (χ1) is 6.63. The van der Waals surface area contributed by atoms with Crippen molar-refractivity contribution in [3.8, 4) is 0 Å². The topological polar surface area (TPSA) is 2.70 Å². The zero-order chi connectivity index (χ0) is 12.6. The van der Waals surface area contributed by atoms with Crippen LogP contribution >= 0.6 is 23.2 Å². The van der Waals surface area contributed by atoms with Gasteiger partial charge in [-0.2, -0.15) is 0 Å². The highest BCUT2D eigenvalue weighted by atomic mass is 35.5. The summed E-state index contributed by atoms with van der Waals surface area (Å²) < 4.78 is 42.0. The fraction of sp³-hybridized carbons (Fsp3) is 1.00. The minimum atomic E-state index is -6.00. The van der Waals surface area contributed by atoms with Crippen LogP contribution in [0.3, 0.4) is 0 Å². The summed E-state index contributed by atoms with van der Waals surface area (Å²) in [4.78, 5) is -0.315. The summed E-state index contributed by atoms with van der Waals surface area (Å²) in [6, 6.07) is 0. The number of halogens is 6. The molecule has 15 heavy (non-hydrogen) atoms. The highest BCUT2D eigenvalue weighted by molar-refractivity contribution is 6.50. The first-order valence-corrected chi connectivity index (χ1v) is 5.32. The molecule has 1 nitrogen and oxygen atoms in total. The molecular formula is C7H15BCl2F4O. The van der Waals surface area contributed by atoms with Crippen LogP contribution in [0, 0.1) is 0 Å². The van der Waals surface area contributed by atoms with Gasteiger partial charge >= 0.3 is 7.25 Å². The van der Waals surface area contributed by atoms with Gasteiger partial charge in [-0.1, -0.05) is 23.2 Å². The van der Waals surface area contributed by atoms with Crippen molar-refractivity contribution in [2.24, 2.45) is 0 Å². The fourth-order valence-corrected chi connectivity index (χ4v) is 1.17. The van der Waals surface area contributed by atoms with Crippen molar-refractivity contribution in [1.82, 2.24) is 0 Å². The van der Waals surface area contributed by atoms with Crippen LogP contribution in [0.4, 0.5) is 17.3 Å². The van der Waals surface area contributed by atoms with Gasteiger partial charge in [-0.05, 0) is 0 Å². The third-order valence-corrected chi connectivity index (χ3v) is 2.33. The van der Waals surface area contributed by atoms with Gasteiger partial charge in [-0.15, -0.1) is 0 Å². The van der Waals surface area contributed by atoms with Crippen molar-refractivity contribution in [2.45, 2.75) is 31.7 Å². The van der Waals surface area contributed by atoms with Gasteiger partial charge in [-0.3, -0.25) is 0 Å². The summed E-state index contributed by atoms with van der Waals surface area (Å²) >= 11 is 11.4. The summed E-state index contributed by atoms with van der Waals surface area (Å²) in [6.07, 6.45) is 0.179. The van der Waals surface area contributed by atoms with Crippen molar-refractivity contribution in [1.29, 1.82) is 0 Å². The van der Waals surface area contributed by atoms with Crippen molar-refractivity contribution in [2.75, 3.05) is 13.2 Å². The first-order valence-electron chi connectivity index (χ1n) is 4.45. The van der Waals surface area contributed by atoms with E-state index >= 15 is 0 Å². The molecule has 0 aromatic rings. The predicted molar refractivity (Wildman–Crippen MR) is 57.3 cm³/mol. The van der Waals surface area contributed by atoms with Crippen LogP contribution < -0.4 is 0 Å². The molecule has 1 atom stereocenters. The smallest absolute Gasteiger partial charge is 0.418 e. The molecule has 0 heterocycles. The maximum Gasteiger partial charge on any atom is 0.673 e. The molecule has 0 aromatic carbocycles. The standard InChI is InChI=1S/C7H15Cl2O.BF4/c1-4-10(5-2)6(3)7(8)9;2-1(3,4)5/h6-7H,4-5H2,1-3H3;/q+1;-1. The molecule has 0 aliphatic heterocycles. The normalized spacial score (nSPS) is 13.8. The molecule has 1 unspecified atom stereocenters. The number of hydrogen-bond acceptors (Lipinski definition) is 0. The number of hydrogen-bond donors (Lipinski definition) is 0. The van der Waals surface area contributed by atoms with E-state index in [1.165, 1.54) is 0 Å². The Bertz CT molecular complexity index is 146. The largest absolute Gasteiger partial charge is 0.673 e. The second-order valence-corrected chi connectivity index (χ2v) is 3.81. The Kier molecular flexibility index (Phi) is 10.0. The average molecular weight is 273 g/mol. The van der Waals surface area contributed by atoms with Gasteiger partial charge < -0.3 is 21.6 Å². The molecule has 94 valence electrons. The quantitative estimate of drug-likeness (QED) is 0.314. The SMILES string of the molecule is CC[O+](CC)C(C)C(Cl)Cl.F[B-](F)(F)F. The van der Waals surface area contributed by atoms with Crippen LogP contribution in [-0.2, 0) is 4.37 Å². The molecule has 0 aliphatic carbocycles. The van der Waals surface area contributed by atoms with Crippen molar-refractivity contribution < 1.29 is 21.6 Å². The number of alkyl halides is 2. The highest BCUT2D eigenvalue weighted by Gasteiger charge is 2.22. The third kappa shape index (κ3) is 14.3. The lowest BCUT2D eigenvalue weighted by atomic mass is 10.3. The molecule has 0 fully saturated rings. The Hall–Kier alpha value is 0.325. The summed E-state index contributed by atoms with van der Waals surface area (Å²) in [5.74, 6) is 0. The van der Waals surface area contributed by atoms with E-state index in [0.717, 1.165) is 13.2 Å². The van der Waals surface area contributed by atoms with E-state index in [1.807, 2.05) is 6.92 Å². The molecule has 0 spiro atoms. The Morgan fingerprint density at radius 2 is 1.33 bits per heavy atom. The lowest BCUT2D eigenvalue weighted by Crippen LogP contribution is -2.29. The van der Waals surface area contributed by atoms with Crippen molar-refractivity contribution >= 4 is 30.5 Å². The molecule has 0 radical (unpaired) electrons. The fourth-order valence-electron chi connectivity index (χ4n) is 0.875. The Labute approximate surface area is 97.5 Å². The Morgan fingerprint density at radius 1 is 1.07 bits per heavy atom. The van der Waals surface area contributed by atoms with Crippen LogP contribution in [0.1, 0.15) is 20.8 Å². The lowest BCUT2D eigenvalue weighted by Gasteiger charge is -2.23. The van der Waals surface area contributed by atoms with Crippen LogP contribution in [0.5, 0.6) is 0 Å². The van der Waals surface area contributed by atoms with E-state index in [2.05, 4.69) is 18.2 Å². The van der Waals surface area contributed by atoms with Crippen LogP contribution in [0.2, 0.25) is 0 Å². The van der Waals surface area contributed by atoms with E-state index in [9.17, 15) is 17.3 Å². The molecule has 0 aliphatic rings. The van der Waals surface area contributed by atoms with Gasteiger partial charge in [0.05, 0.1) is 0 Å². The first kappa shape index (κ1) is 17.7. The van der Waals surface area contributed by atoms with E-state index in [1.54, 1.807) is 0 Å². The molecule has 0 aromatic heterocycles.